The zero-order chi connectivity index (χ0) is 11.6. The summed E-state index contributed by atoms with van der Waals surface area (Å²) in [7, 11) is 1.90. The second-order valence-corrected chi connectivity index (χ2v) is 4.21. The van der Waals surface area contributed by atoms with E-state index in [0.717, 1.165) is 6.54 Å². The summed E-state index contributed by atoms with van der Waals surface area (Å²) >= 11 is 0. The van der Waals surface area contributed by atoms with E-state index in [2.05, 4.69) is 0 Å². The fourth-order valence-electron chi connectivity index (χ4n) is 2.07. The zero-order valence-electron chi connectivity index (χ0n) is 9.43. The smallest absolute Gasteiger partial charge is 0.305 e. The molecule has 0 aromatic heterocycles. The topological polar surface area (TPSA) is 60.9 Å². The SMILES string of the molecule is CC(=O)N1C[C@@H](CC(=O)O)N(C)C[C@@H]1C. The standard InChI is InChI=1S/C10H18N2O3/c1-7-5-11(3)9(4-10(14)15)6-12(7)8(2)13/h7,9H,4-6H2,1-3H3,(H,14,15)/t7-,9+/m0/s1. The van der Waals surface area contributed by atoms with Gasteiger partial charge in [0.15, 0.2) is 0 Å². The Bertz CT molecular complexity index is 267. The lowest BCUT2D eigenvalue weighted by molar-refractivity contribution is -0.142. The van der Waals surface area contributed by atoms with Crippen molar-refractivity contribution in [1.29, 1.82) is 0 Å². The second-order valence-electron chi connectivity index (χ2n) is 4.21. The van der Waals surface area contributed by atoms with Crippen LogP contribution < -0.4 is 0 Å². The summed E-state index contributed by atoms with van der Waals surface area (Å²) in [6.45, 7) is 4.76. The predicted octanol–water partition coefficient (Wildman–Crippen LogP) is 0.0121. The van der Waals surface area contributed by atoms with Gasteiger partial charge in [-0.1, -0.05) is 0 Å². The van der Waals surface area contributed by atoms with E-state index in [9.17, 15) is 9.59 Å². The molecule has 15 heavy (non-hydrogen) atoms. The summed E-state index contributed by atoms with van der Waals surface area (Å²) in [6.07, 6.45) is 0.0903. The summed E-state index contributed by atoms with van der Waals surface area (Å²) in [6, 6.07) is 0.0974. The lowest BCUT2D eigenvalue weighted by Crippen LogP contribution is -2.57. The van der Waals surface area contributed by atoms with Gasteiger partial charge in [-0.25, -0.2) is 0 Å². The summed E-state index contributed by atoms with van der Waals surface area (Å²) < 4.78 is 0. The highest BCUT2D eigenvalue weighted by Crippen LogP contribution is 2.16. The highest BCUT2D eigenvalue weighted by molar-refractivity contribution is 5.74. The van der Waals surface area contributed by atoms with Crippen LogP contribution in [-0.4, -0.2) is 59.0 Å². The molecule has 0 bridgehead atoms. The minimum atomic E-state index is -0.815. The van der Waals surface area contributed by atoms with E-state index in [1.807, 2.05) is 18.9 Å². The molecule has 0 saturated carbocycles. The van der Waals surface area contributed by atoms with Crippen molar-refractivity contribution in [3.63, 3.8) is 0 Å². The van der Waals surface area contributed by atoms with E-state index in [1.165, 1.54) is 6.92 Å². The monoisotopic (exact) mass is 214 g/mol. The molecular weight excluding hydrogens is 196 g/mol. The van der Waals surface area contributed by atoms with Crippen molar-refractivity contribution in [2.75, 3.05) is 20.1 Å². The van der Waals surface area contributed by atoms with Gasteiger partial charge in [0.05, 0.1) is 6.42 Å². The second kappa shape index (κ2) is 4.61. The molecule has 1 saturated heterocycles. The van der Waals surface area contributed by atoms with Crippen LogP contribution in [-0.2, 0) is 9.59 Å². The average molecular weight is 214 g/mol. The summed E-state index contributed by atoms with van der Waals surface area (Å²) in [4.78, 5) is 25.7. The van der Waals surface area contributed by atoms with Crippen LogP contribution >= 0.6 is 0 Å². The van der Waals surface area contributed by atoms with Gasteiger partial charge < -0.3 is 10.0 Å². The number of piperazine rings is 1. The fourth-order valence-corrected chi connectivity index (χ4v) is 2.07. The first kappa shape index (κ1) is 12.0. The van der Waals surface area contributed by atoms with Crippen molar-refractivity contribution in [3.05, 3.63) is 0 Å². The van der Waals surface area contributed by atoms with Gasteiger partial charge in [-0.2, -0.15) is 0 Å². The van der Waals surface area contributed by atoms with E-state index in [0.29, 0.717) is 6.54 Å². The number of nitrogens with zero attached hydrogens (tertiary/aromatic N) is 2. The number of aliphatic carboxylic acids is 1. The first-order valence-electron chi connectivity index (χ1n) is 5.11. The minimum Gasteiger partial charge on any atom is -0.481 e. The molecule has 0 aliphatic carbocycles. The first-order valence-corrected chi connectivity index (χ1v) is 5.11. The van der Waals surface area contributed by atoms with Gasteiger partial charge in [0, 0.05) is 32.1 Å². The number of likely N-dealkylation sites (N-methyl/N-ethyl adjacent to an activating group) is 1. The summed E-state index contributed by atoms with van der Waals surface area (Å²) in [5.74, 6) is -0.795. The van der Waals surface area contributed by atoms with E-state index in [4.69, 9.17) is 5.11 Å². The maximum absolute atomic E-state index is 11.3. The quantitative estimate of drug-likeness (QED) is 0.703. The van der Waals surface area contributed by atoms with Crippen molar-refractivity contribution in [2.45, 2.75) is 32.4 Å². The summed E-state index contributed by atoms with van der Waals surface area (Å²) in [5.41, 5.74) is 0. The lowest BCUT2D eigenvalue weighted by atomic mass is 10.1. The van der Waals surface area contributed by atoms with Gasteiger partial charge in [0.1, 0.15) is 0 Å². The highest BCUT2D eigenvalue weighted by Gasteiger charge is 2.31. The number of carbonyl (C=O) groups is 2. The Morgan fingerprint density at radius 3 is 2.47 bits per heavy atom. The van der Waals surface area contributed by atoms with Gasteiger partial charge in [-0.05, 0) is 14.0 Å². The van der Waals surface area contributed by atoms with Crippen LogP contribution in [0.2, 0.25) is 0 Å². The van der Waals surface area contributed by atoms with Gasteiger partial charge in [-0.15, -0.1) is 0 Å². The van der Waals surface area contributed by atoms with Crippen LogP contribution in [0.3, 0.4) is 0 Å². The summed E-state index contributed by atoms with van der Waals surface area (Å²) in [5, 5.41) is 8.74. The Labute approximate surface area is 89.7 Å². The molecule has 0 radical (unpaired) electrons. The van der Waals surface area contributed by atoms with Crippen LogP contribution in [0.4, 0.5) is 0 Å². The van der Waals surface area contributed by atoms with Crippen molar-refractivity contribution in [1.82, 2.24) is 9.80 Å². The molecule has 0 unspecified atom stereocenters. The van der Waals surface area contributed by atoms with Crippen LogP contribution in [0.25, 0.3) is 0 Å². The molecule has 1 aliphatic heterocycles. The van der Waals surface area contributed by atoms with Crippen LogP contribution in [0.5, 0.6) is 0 Å². The average Bonchev–Trinajstić information content (AvgIpc) is 2.08. The van der Waals surface area contributed by atoms with E-state index < -0.39 is 5.97 Å². The fraction of sp³-hybridized carbons (Fsp3) is 0.800. The molecule has 1 fully saturated rings. The number of carbonyl (C=O) groups excluding carboxylic acids is 1. The Balaban J connectivity index is 2.66. The Hall–Kier alpha value is -1.10. The molecule has 5 heteroatoms. The number of hydrogen-bond donors (Lipinski definition) is 1. The normalized spacial score (nSPS) is 27.8. The van der Waals surface area contributed by atoms with Gasteiger partial charge >= 0.3 is 5.97 Å². The number of carboxylic acids is 1. The molecule has 0 aromatic carbocycles. The molecule has 5 nitrogen and oxygen atoms in total. The van der Waals surface area contributed by atoms with Crippen molar-refractivity contribution in [3.8, 4) is 0 Å². The van der Waals surface area contributed by atoms with Gasteiger partial charge in [0.25, 0.3) is 0 Å². The van der Waals surface area contributed by atoms with E-state index in [1.54, 1.807) is 4.90 Å². The third kappa shape index (κ3) is 2.92. The predicted molar refractivity (Wildman–Crippen MR) is 55.5 cm³/mol. The highest BCUT2D eigenvalue weighted by atomic mass is 16.4. The van der Waals surface area contributed by atoms with Gasteiger partial charge in [0.2, 0.25) is 5.91 Å². The minimum absolute atomic E-state index is 0.0194. The van der Waals surface area contributed by atoms with E-state index in [-0.39, 0.29) is 24.4 Å². The molecule has 0 aromatic rings. The molecule has 1 heterocycles. The largest absolute Gasteiger partial charge is 0.481 e. The van der Waals surface area contributed by atoms with Crippen LogP contribution in [0.15, 0.2) is 0 Å². The molecule has 1 N–H and O–H groups in total. The maximum Gasteiger partial charge on any atom is 0.305 e. The molecule has 86 valence electrons. The molecule has 2 atom stereocenters. The van der Waals surface area contributed by atoms with Crippen molar-refractivity contribution >= 4 is 11.9 Å². The number of rotatable bonds is 2. The van der Waals surface area contributed by atoms with E-state index >= 15 is 0 Å². The third-order valence-electron chi connectivity index (χ3n) is 2.93. The molecule has 0 spiro atoms. The number of carboxylic acid groups (broad SMARTS) is 1. The van der Waals surface area contributed by atoms with Crippen LogP contribution in [0.1, 0.15) is 20.3 Å². The number of amides is 1. The van der Waals surface area contributed by atoms with Crippen LogP contribution in [0, 0.1) is 0 Å². The Morgan fingerprint density at radius 2 is 2.00 bits per heavy atom. The Kier molecular flexibility index (Phi) is 3.68. The maximum atomic E-state index is 11.3. The van der Waals surface area contributed by atoms with Crippen molar-refractivity contribution < 1.29 is 14.7 Å². The van der Waals surface area contributed by atoms with Crippen molar-refractivity contribution in [2.24, 2.45) is 0 Å². The Morgan fingerprint density at radius 1 is 1.40 bits per heavy atom. The molecule has 1 rings (SSSR count). The zero-order valence-corrected chi connectivity index (χ0v) is 9.43. The molecule has 1 aliphatic rings. The lowest BCUT2D eigenvalue weighted by Gasteiger charge is -2.42. The third-order valence-corrected chi connectivity index (χ3v) is 2.93. The van der Waals surface area contributed by atoms with Gasteiger partial charge in [-0.3, -0.25) is 14.5 Å². The number of hydrogen-bond acceptors (Lipinski definition) is 3. The molecular formula is C10H18N2O3. The first-order chi connectivity index (χ1) is 6.91. The molecule has 1 amide bonds.